The second kappa shape index (κ2) is 6.05. The summed E-state index contributed by atoms with van der Waals surface area (Å²) in [5.41, 5.74) is 0.581. The zero-order valence-electron chi connectivity index (χ0n) is 9.21. The van der Waals surface area contributed by atoms with Crippen molar-refractivity contribution in [3.8, 4) is 0 Å². The zero-order chi connectivity index (χ0) is 11.6. The van der Waals surface area contributed by atoms with Crippen molar-refractivity contribution < 1.29 is 4.79 Å². The molecule has 0 bridgehead atoms. The van der Waals surface area contributed by atoms with Crippen LogP contribution in [-0.2, 0) is 10.2 Å². The molecule has 0 spiro atoms. The van der Waals surface area contributed by atoms with Crippen LogP contribution in [0.15, 0.2) is 18.2 Å². The van der Waals surface area contributed by atoms with Gasteiger partial charge in [0.05, 0.1) is 15.5 Å². The minimum Gasteiger partial charge on any atom is -0.317 e. The van der Waals surface area contributed by atoms with Crippen LogP contribution in [0.2, 0.25) is 10.0 Å². The number of rotatable bonds is 2. The van der Waals surface area contributed by atoms with E-state index in [1.54, 1.807) is 6.07 Å². The van der Waals surface area contributed by atoms with Crippen molar-refractivity contribution in [2.24, 2.45) is 0 Å². The van der Waals surface area contributed by atoms with Crippen molar-refractivity contribution in [2.75, 3.05) is 13.1 Å². The maximum Gasteiger partial charge on any atom is 0.130 e. The van der Waals surface area contributed by atoms with Gasteiger partial charge < -0.3 is 10.1 Å². The Balaban J connectivity index is 0.00000144. The molecule has 1 aromatic carbocycles. The van der Waals surface area contributed by atoms with Crippen LogP contribution in [0.4, 0.5) is 0 Å². The molecule has 2 nitrogen and oxygen atoms in total. The van der Waals surface area contributed by atoms with Crippen LogP contribution < -0.4 is 5.32 Å². The summed E-state index contributed by atoms with van der Waals surface area (Å²) in [6, 6.07) is 5.46. The van der Waals surface area contributed by atoms with Gasteiger partial charge in [0.25, 0.3) is 0 Å². The lowest BCUT2D eigenvalue weighted by atomic mass is 9.74. The number of carbonyl (C=O) groups excluding carboxylic acids is 1. The Labute approximate surface area is 117 Å². The third-order valence-electron chi connectivity index (χ3n) is 3.22. The highest BCUT2D eigenvalue weighted by Gasteiger charge is 2.33. The summed E-state index contributed by atoms with van der Waals surface area (Å²) in [5.74, 6) is 0. The molecule has 0 amide bonds. The van der Waals surface area contributed by atoms with Crippen molar-refractivity contribution in [3.63, 3.8) is 0 Å². The first kappa shape index (κ1) is 14.8. The minimum absolute atomic E-state index is 0. The van der Waals surface area contributed by atoms with E-state index >= 15 is 0 Å². The standard InChI is InChI=1S/C12H13Cl2NO.ClH/c13-10-2-1-9(7-11(10)14)12(8-16)3-5-15-6-4-12;/h1-2,7-8,15H,3-6H2;1H. The molecule has 0 radical (unpaired) electrons. The number of hydrogen-bond donors (Lipinski definition) is 1. The van der Waals surface area contributed by atoms with Gasteiger partial charge in [-0.2, -0.15) is 0 Å². The van der Waals surface area contributed by atoms with Gasteiger partial charge in [0, 0.05) is 0 Å². The van der Waals surface area contributed by atoms with Crippen LogP contribution in [0.25, 0.3) is 0 Å². The molecule has 1 fully saturated rings. The second-order valence-electron chi connectivity index (χ2n) is 4.15. The number of halogens is 3. The van der Waals surface area contributed by atoms with Gasteiger partial charge in [-0.1, -0.05) is 29.3 Å². The van der Waals surface area contributed by atoms with E-state index in [2.05, 4.69) is 5.32 Å². The Morgan fingerprint density at radius 3 is 2.35 bits per heavy atom. The first-order chi connectivity index (χ1) is 7.68. The van der Waals surface area contributed by atoms with Gasteiger partial charge in [-0.15, -0.1) is 12.4 Å². The lowest BCUT2D eigenvalue weighted by Gasteiger charge is -2.33. The van der Waals surface area contributed by atoms with Gasteiger partial charge in [-0.05, 0) is 43.6 Å². The van der Waals surface area contributed by atoms with E-state index in [0.717, 1.165) is 37.8 Å². The zero-order valence-corrected chi connectivity index (χ0v) is 11.5. The van der Waals surface area contributed by atoms with Crippen LogP contribution >= 0.6 is 35.6 Å². The molecule has 0 saturated carbocycles. The van der Waals surface area contributed by atoms with Gasteiger partial charge in [0.1, 0.15) is 6.29 Å². The lowest BCUT2D eigenvalue weighted by Crippen LogP contribution is -2.41. The SMILES string of the molecule is Cl.O=CC1(c2ccc(Cl)c(Cl)c2)CCNCC1. The maximum atomic E-state index is 11.4. The quantitative estimate of drug-likeness (QED) is 0.849. The first-order valence-corrected chi connectivity index (χ1v) is 6.06. The second-order valence-corrected chi connectivity index (χ2v) is 4.97. The van der Waals surface area contributed by atoms with Crippen molar-refractivity contribution in [2.45, 2.75) is 18.3 Å². The van der Waals surface area contributed by atoms with Crippen LogP contribution in [0.1, 0.15) is 18.4 Å². The van der Waals surface area contributed by atoms with Crippen molar-refractivity contribution in [3.05, 3.63) is 33.8 Å². The molecule has 0 aliphatic carbocycles. The molecule has 0 unspecified atom stereocenters. The van der Waals surface area contributed by atoms with Crippen molar-refractivity contribution in [1.82, 2.24) is 5.32 Å². The molecule has 2 rings (SSSR count). The molecule has 1 aliphatic heterocycles. The van der Waals surface area contributed by atoms with E-state index in [1.165, 1.54) is 0 Å². The van der Waals surface area contributed by atoms with Crippen molar-refractivity contribution >= 4 is 41.9 Å². The Morgan fingerprint density at radius 1 is 1.18 bits per heavy atom. The first-order valence-electron chi connectivity index (χ1n) is 5.30. The normalized spacial score (nSPS) is 18.2. The number of piperidine rings is 1. The van der Waals surface area contributed by atoms with Crippen LogP contribution in [0, 0.1) is 0 Å². The Morgan fingerprint density at radius 2 is 1.82 bits per heavy atom. The van der Waals surface area contributed by atoms with Crippen LogP contribution in [0.5, 0.6) is 0 Å². The highest BCUT2D eigenvalue weighted by Crippen LogP contribution is 2.34. The van der Waals surface area contributed by atoms with E-state index in [1.807, 2.05) is 12.1 Å². The maximum absolute atomic E-state index is 11.4. The summed E-state index contributed by atoms with van der Waals surface area (Å²) in [7, 11) is 0. The summed E-state index contributed by atoms with van der Waals surface area (Å²) >= 11 is 11.9. The van der Waals surface area contributed by atoms with Gasteiger partial charge in [0.15, 0.2) is 0 Å². The number of nitrogens with one attached hydrogen (secondary N) is 1. The van der Waals surface area contributed by atoms with Crippen molar-refractivity contribution in [1.29, 1.82) is 0 Å². The number of benzene rings is 1. The summed E-state index contributed by atoms with van der Waals surface area (Å²) < 4.78 is 0. The third-order valence-corrected chi connectivity index (χ3v) is 3.95. The molecule has 1 saturated heterocycles. The molecule has 1 aliphatic rings. The molecule has 1 aromatic rings. The highest BCUT2D eigenvalue weighted by atomic mass is 35.5. The smallest absolute Gasteiger partial charge is 0.130 e. The Hall–Kier alpha value is -0.280. The third kappa shape index (κ3) is 2.94. The number of hydrogen-bond acceptors (Lipinski definition) is 2. The topological polar surface area (TPSA) is 29.1 Å². The van der Waals surface area contributed by atoms with Gasteiger partial charge in [-0.25, -0.2) is 0 Å². The lowest BCUT2D eigenvalue weighted by molar-refractivity contribution is -0.113. The number of carbonyl (C=O) groups is 1. The molecule has 5 heteroatoms. The molecule has 94 valence electrons. The van der Waals surface area contributed by atoms with E-state index in [4.69, 9.17) is 23.2 Å². The van der Waals surface area contributed by atoms with Crippen LogP contribution in [0.3, 0.4) is 0 Å². The van der Waals surface area contributed by atoms with E-state index in [9.17, 15) is 4.79 Å². The average Bonchev–Trinajstić information content (AvgIpc) is 2.33. The monoisotopic (exact) mass is 293 g/mol. The van der Waals surface area contributed by atoms with E-state index in [0.29, 0.717) is 10.0 Å². The van der Waals surface area contributed by atoms with E-state index < -0.39 is 0 Å². The largest absolute Gasteiger partial charge is 0.317 e. The van der Waals surface area contributed by atoms with Crippen LogP contribution in [-0.4, -0.2) is 19.4 Å². The molecule has 0 aromatic heterocycles. The molecule has 1 heterocycles. The fraction of sp³-hybridized carbons (Fsp3) is 0.417. The summed E-state index contributed by atoms with van der Waals surface area (Å²) in [4.78, 5) is 11.4. The van der Waals surface area contributed by atoms with Gasteiger partial charge >= 0.3 is 0 Å². The molecule has 17 heavy (non-hydrogen) atoms. The van der Waals surface area contributed by atoms with Gasteiger partial charge in [0.2, 0.25) is 0 Å². The van der Waals surface area contributed by atoms with Gasteiger partial charge in [-0.3, -0.25) is 0 Å². The molecular weight excluding hydrogens is 280 g/mol. The molecule has 1 N–H and O–H groups in total. The fourth-order valence-electron chi connectivity index (χ4n) is 2.15. The Kier molecular flexibility index (Phi) is 5.26. The molecular formula is C12H14Cl3NO. The fourth-order valence-corrected chi connectivity index (χ4v) is 2.45. The summed E-state index contributed by atoms with van der Waals surface area (Å²) in [6.45, 7) is 1.72. The predicted octanol–water partition coefficient (Wildman–Crippen LogP) is 3.24. The summed E-state index contributed by atoms with van der Waals surface area (Å²) in [6.07, 6.45) is 2.68. The number of aldehydes is 1. The highest BCUT2D eigenvalue weighted by molar-refractivity contribution is 6.42. The average molecular weight is 295 g/mol. The van der Waals surface area contributed by atoms with E-state index in [-0.39, 0.29) is 17.8 Å². The summed E-state index contributed by atoms with van der Waals surface area (Å²) in [5, 5.41) is 4.29. The molecule has 0 atom stereocenters. The Bertz CT molecular complexity index is 403. The minimum atomic E-state index is -0.389. The predicted molar refractivity (Wildman–Crippen MR) is 73.6 cm³/mol.